The number of aromatic amines is 1. The van der Waals surface area contributed by atoms with Crippen LogP contribution in [0, 0.1) is 5.82 Å². The second-order valence-corrected chi connectivity index (χ2v) is 8.86. The lowest BCUT2D eigenvalue weighted by molar-refractivity contribution is 0.103. The standard InChI is InChI=1S/C19H21FN6O3S/c1-3-26(2)30(28,29)25-14-6-4-5-12(16(14)20)17(27)13-9-21-18-15(13)19(23-10-22-18)24-11-7-8-11/h4-6,9-11,25H,3,7-8H2,1-2H3,(H2,21,22,23,24). The molecular formula is C19H21FN6O3S. The number of fused-ring (bicyclic) bond motifs is 1. The number of hydrogen-bond acceptors (Lipinski definition) is 6. The topological polar surface area (TPSA) is 120 Å². The molecule has 0 spiro atoms. The van der Waals surface area contributed by atoms with Crippen LogP contribution in [0.3, 0.4) is 0 Å². The summed E-state index contributed by atoms with van der Waals surface area (Å²) in [5, 5.41) is 3.73. The summed E-state index contributed by atoms with van der Waals surface area (Å²) in [7, 11) is -2.56. The number of halogens is 1. The minimum Gasteiger partial charge on any atom is -0.367 e. The Bertz CT molecular complexity index is 1220. The predicted octanol–water partition coefficient (Wildman–Crippen LogP) is 2.51. The Morgan fingerprint density at radius 3 is 2.77 bits per heavy atom. The van der Waals surface area contributed by atoms with Crippen molar-refractivity contribution in [1.29, 1.82) is 0 Å². The molecule has 0 radical (unpaired) electrons. The monoisotopic (exact) mass is 432 g/mol. The van der Waals surface area contributed by atoms with Crippen molar-refractivity contribution in [3.63, 3.8) is 0 Å². The molecule has 0 unspecified atom stereocenters. The molecule has 4 rings (SSSR count). The Morgan fingerprint density at radius 2 is 2.07 bits per heavy atom. The van der Waals surface area contributed by atoms with Crippen molar-refractivity contribution >= 4 is 38.5 Å². The first kappa shape index (κ1) is 20.2. The highest BCUT2D eigenvalue weighted by molar-refractivity contribution is 7.90. The van der Waals surface area contributed by atoms with Crippen LogP contribution in [-0.2, 0) is 10.2 Å². The summed E-state index contributed by atoms with van der Waals surface area (Å²) in [5.74, 6) is -1.04. The molecular weight excluding hydrogens is 411 g/mol. The zero-order valence-corrected chi connectivity index (χ0v) is 17.3. The van der Waals surface area contributed by atoms with E-state index in [1.807, 2.05) is 0 Å². The number of nitrogens with zero attached hydrogens (tertiary/aromatic N) is 3. The molecule has 0 bridgehead atoms. The van der Waals surface area contributed by atoms with Crippen molar-refractivity contribution in [3.05, 3.63) is 47.7 Å². The van der Waals surface area contributed by atoms with Crippen LogP contribution in [0.5, 0.6) is 0 Å². The van der Waals surface area contributed by atoms with Gasteiger partial charge in [-0.05, 0) is 25.0 Å². The average Bonchev–Trinajstić information content (AvgIpc) is 3.43. The normalized spacial score (nSPS) is 14.3. The van der Waals surface area contributed by atoms with Crippen LogP contribution in [0.2, 0.25) is 0 Å². The first-order chi connectivity index (χ1) is 14.3. The zero-order valence-electron chi connectivity index (χ0n) is 16.4. The quantitative estimate of drug-likeness (QED) is 0.471. The molecule has 1 fully saturated rings. The van der Waals surface area contributed by atoms with Crippen molar-refractivity contribution < 1.29 is 17.6 Å². The van der Waals surface area contributed by atoms with Gasteiger partial charge in [0.05, 0.1) is 22.2 Å². The number of anilines is 2. The second-order valence-electron chi connectivity index (χ2n) is 7.08. The minimum atomic E-state index is -3.93. The maximum atomic E-state index is 15.1. The fraction of sp³-hybridized carbons (Fsp3) is 0.316. The van der Waals surface area contributed by atoms with Gasteiger partial charge in [-0.3, -0.25) is 9.52 Å². The zero-order chi connectivity index (χ0) is 21.5. The third kappa shape index (κ3) is 3.73. The van der Waals surface area contributed by atoms with Crippen LogP contribution in [0.15, 0.2) is 30.7 Å². The largest absolute Gasteiger partial charge is 0.367 e. The van der Waals surface area contributed by atoms with E-state index in [4.69, 9.17) is 0 Å². The molecule has 0 saturated heterocycles. The maximum Gasteiger partial charge on any atom is 0.301 e. The maximum absolute atomic E-state index is 15.1. The third-order valence-electron chi connectivity index (χ3n) is 4.97. The molecule has 1 aliphatic carbocycles. The Hall–Kier alpha value is -3.05. The summed E-state index contributed by atoms with van der Waals surface area (Å²) < 4.78 is 42.8. The molecule has 3 aromatic rings. The summed E-state index contributed by atoms with van der Waals surface area (Å²) in [6, 6.07) is 4.31. The van der Waals surface area contributed by atoms with Crippen molar-refractivity contribution in [1.82, 2.24) is 19.3 Å². The van der Waals surface area contributed by atoms with Crippen molar-refractivity contribution in [3.8, 4) is 0 Å². The van der Waals surface area contributed by atoms with Gasteiger partial charge in [-0.25, -0.2) is 14.4 Å². The Balaban J connectivity index is 1.73. The first-order valence-electron chi connectivity index (χ1n) is 9.47. The van der Waals surface area contributed by atoms with Crippen LogP contribution in [0.25, 0.3) is 11.0 Å². The number of H-pyrrole nitrogens is 1. The highest BCUT2D eigenvalue weighted by atomic mass is 32.2. The number of nitrogens with one attached hydrogen (secondary N) is 3. The van der Waals surface area contributed by atoms with E-state index in [9.17, 15) is 13.2 Å². The van der Waals surface area contributed by atoms with Gasteiger partial charge in [0.1, 0.15) is 17.8 Å². The lowest BCUT2D eigenvalue weighted by atomic mass is 10.0. The van der Waals surface area contributed by atoms with Crippen molar-refractivity contribution in [2.24, 2.45) is 0 Å². The van der Waals surface area contributed by atoms with Gasteiger partial charge < -0.3 is 10.3 Å². The molecule has 158 valence electrons. The minimum absolute atomic E-state index is 0.207. The molecule has 1 saturated carbocycles. The van der Waals surface area contributed by atoms with Gasteiger partial charge in [-0.1, -0.05) is 13.0 Å². The van der Waals surface area contributed by atoms with Crippen LogP contribution in [0.4, 0.5) is 15.9 Å². The van der Waals surface area contributed by atoms with Crippen LogP contribution in [0.1, 0.15) is 35.7 Å². The summed E-state index contributed by atoms with van der Waals surface area (Å²) in [5.41, 5.74) is 0.113. The molecule has 11 heteroatoms. The molecule has 0 aliphatic heterocycles. The van der Waals surface area contributed by atoms with E-state index in [1.165, 1.54) is 37.8 Å². The fourth-order valence-electron chi connectivity index (χ4n) is 2.99. The van der Waals surface area contributed by atoms with Crippen molar-refractivity contribution in [2.75, 3.05) is 23.6 Å². The second kappa shape index (κ2) is 7.65. The Morgan fingerprint density at radius 1 is 1.30 bits per heavy atom. The lowest BCUT2D eigenvalue weighted by Gasteiger charge is -2.17. The lowest BCUT2D eigenvalue weighted by Crippen LogP contribution is -2.32. The Kier molecular flexibility index (Phi) is 5.16. The van der Waals surface area contributed by atoms with E-state index in [2.05, 4.69) is 25.0 Å². The number of carbonyl (C=O) groups is 1. The van der Waals surface area contributed by atoms with E-state index in [-0.39, 0.29) is 23.4 Å². The SMILES string of the molecule is CCN(C)S(=O)(=O)Nc1cccc(C(=O)c2c[nH]c3ncnc(NC4CC4)c23)c1F. The van der Waals surface area contributed by atoms with E-state index < -0.39 is 21.8 Å². The Labute approximate surface area is 172 Å². The number of hydrogen-bond donors (Lipinski definition) is 3. The van der Waals surface area contributed by atoms with E-state index in [0.717, 1.165) is 17.1 Å². The number of rotatable bonds is 8. The van der Waals surface area contributed by atoms with E-state index in [0.29, 0.717) is 22.9 Å². The van der Waals surface area contributed by atoms with Gasteiger partial charge in [0.15, 0.2) is 11.6 Å². The molecule has 2 heterocycles. The van der Waals surface area contributed by atoms with E-state index in [1.54, 1.807) is 6.92 Å². The molecule has 0 amide bonds. The number of ketones is 1. The third-order valence-corrected chi connectivity index (χ3v) is 6.53. The van der Waals surface area contributed by atoms with Crippen LogP contribution in [-0.4, -0.2) is 53.1 Å². The predicted molar refractivity (Wildman–Crippen MR) is 111 cm³/mol. The van der Waals surface area contributed by atoms with Gasteiger partial charge in [0, 0.05) is 25.8 Å². The number of aromatic nitrogens is 3. The molecule has 9 nitrogen and oxygen atoms in total. The smallest absolute Gasteiger partial charge is 0.301 e. The van der Waals surface area contributed by atoms with Gasteiger partial charge in [0.2, 0.25) is 0 Å². The molecule has 30 heavy (non-hydrogen) atoms. The average molecular weight is 432 g/mol. The van der Waals surface area contributed by atoms with Gasteiger partial charge in [0.25, 0.3) is 0 Å². The molecule has 3 N–H and O–H groups in total. The van der Waals surface area contributed by atoms with E-state index >= 15 is 4.39 Å². The molecule has 2 aromatic heterocycles. The fourth-order valence-corrected chi connectivity index (χ4v) is 3.92. The summed E-state index contributed by atoms with van der Waals surface area (Å²) >= 11 is 0. The number of benzene rings is 1. The first-order valence-corrected chi connectivity index (χ1v) is 10.9. The van der Waals surface area contributed by atoms with Crippen LogP contribution < -0.4 is 10.0 Å². The summed E-state index contributed by atoms with van der Waals surface area (Å²) in [6.45, 7) is 1.86. The van der Waals surface area contributed by atoms with Gasteiger partial charge in [-0.15, -0.1) is 0 Å². The van der Waals surface area contributed by atoms with Gasteiger partial charge in [-0.2, -0.15) is 12.7 Å². The van der Waals surface area contributed by atoms with Crippen molar-refractivity contribution in [2.45, 2.75) is 25.8 Å². The summed E-state index contributed by atoms with van der Waals surface area (Å²) in [4.78, 5) is 24.4. The van der Waals surface area contributed by atoms with Gasteiger partial charge >= 0.3 is 10.2 Å². The molecule has 1 aliphatic rings. The highest BCUT2D eigenvalue weighted by Gasteiger charge is 2.27. The number of carbonyl (C=O) groups excluding carboxylic acids is 1. The van der Waals surface area contributed by atoms with Crippen LogP contribution >= 0.6 is 0 Å². The molecule has 0 atom stereocenters. The highest BCUT2D eigenvalue weighted by Crippen LogP contribution is 2.31. The summed E-state index contributed by atoms with van der Waals surface area (Å²) in [6.07, 6.45) is 4.88. The molecule has 1 aromatic carbocycles.